The highest BCUT2D eigenvalue weighted by molar-refractivity contribution is 5.77. The third-order valence-electron chi connectivity index (χ3n) is 15.0. The number of carbonyl (C=O) groups excluding carboxylic acids is 1. The Morgan fingerprint density at radius 1 is 0.684 bits per heavy atom. The highest BCUT2D eigenvalue weighted by Gasteiger charge is 2.69. The second-order valence-corrected chi connectivity index (χ2v) is 18.0. The first kappa shape index (κ1) is 45.1. The molecule has 7 rings (SSSR count). The topological polar surface area (TPSA) is 330 Å². The fraction of sp³-hybridized carbons (Fsp3) is 0.921. The largest absolute Gasteiger partial charge is 0.432 e. The van der Waals surface area contributed by atoms with Gasteiger partial charge in [0.05, 0.1) is 30.8 Å². The summed E-state index contributed by atoms with van der Waals surface area (Å²) in [6.07, 6.45) is -17.8. The standard InChI is InChI=1S/C38H60O18.H3N/c1-16-11-37-9-5-20-35(2,7-4-8-36(20,3)34(50)55-32-29(49)26(46)23(43)18(13-40)52-32)21(37)6-10-38(16,15-37)56-33-30(27(47)24(44)19(14-41)53-33)54-31-28(48)25(45)22(42)17(12-39)51-31;/h17-33,39-49H,1,4-15H2,2-3H3;1H3/t17-,18-,19-,20+,21+,22-,23-,24-,25+,26+,27+,28-,29-,30-,31+,32+,33+,35-,36-,37-,38+;/m1./s1. The van der Waals surface area contributed by atoms with Crippen molar-refractivity contribution in [2.45, 2.75) is 169 Å². The summed E-state index contributed by atoms with van der Waals surface area (Å²) in [5.41, 5.74) is -1.80. The van der Waals surface area contributed by atoms with Gasteiger partial charge in [0.1, 0.15) is 73.2 Å². The van der Waals surface area contributed by atoms with Crippen molar-refractivity contribution < 1.29 is 89.4 Å². The van der Waals surface area contributed by atoms with E-state index < -0.39 is 129 Å². The number of hydrogen-bond acceptors (Lipinski definition) is 19. The Morgan fingerprint density at radius 2 is 1.21 bits per heavy atom. The molecule has 14 N–H and O–H groups in total. The SMILES string of the molecule is C=C1C[C@@]23CC[C@H]4[C@@](C)(CCC[C@@]4(C)C(=O)O[C@@H]4O[C@H](CO)[C@@H](O)[C@H](O)[C@H]4O)[C@@H]2CC[C@]1(O[C@@H]1O[C@H](CO)[C@@H](O)[C@H](O)[C@H]1O[C@@H]1O[C@H](CO)[C@@H](O)[C@H](O)[C@H]1O)C3.N. The van der Waals surface area contributed by atoms with Crippen LogP contribution in [0.25, 0.3) is 0 Å². The van der Waals surface area contributed by atoms with Gasteiger partial charge in [-0.15, -0.1) is 0 Å². The van der Waals surface area contributed by atoms with E-state index in [0.29, 0.717) is 44.9 Å². The normalized spacial score (nSPS) is 53.6. The van der Waals surface area contributed by atoms with Crippen LogP contribution in [0.15, 0.2) is 12.2 Å². The van der Waals surface area contributed by atoms with Crippen molar-refractivity contribution in [2.24, 2.45) is 28.1 Å². The van der Waals surface area contributed by atoms with Crippen LogP contribution in [0.5, 0.6) is 0 Å². The first-order valence-electron chi connectivity index (χ1n) is 19.9. The molecule has 21 atom stereocenters. The van der Waals surface area contributed by atoms with E-state index in [9.17, 15) is 61.0 Å². The molecule has 3 saturated heterocycles. The molecule has 0 unspecified atom stereocenters. The third kappa shape index (κ3) is 7.20. The van der Waals surface area contributed by atoms with Crippen LogP contribution in [-0.4, -0.2) is 180 Å². The number of aliphatic hydroxyl groups is 11. The van der Waals surface area contributed by atoms with Gasteiger partial charge in [-0.1, -0.05) is 19.9 Å². The minimum atomic E-state index is -1.81. The van der Waals surface area contributed by atoms with Crippen LogP contribution >= 0.6 is 0 Å². The molecule has 1 spiro atoms. The second-order valence-electron chi connectivity index (χ2n) is 18.0. The molecular formula is C38H63NO18. The molecule has 0 aromatic carbocycles. The molecule has 3 aliphatic heterocycles. The third-order valence-corrected chi connectivity index (χ3v) is 15.0. The van der Waals surface area contributed by atoms with Gasteiger partial charge in [0.25, 0.3) is 0 Å². The minimum absolute atomic E-state index is 0. The van der Waals surface area contributed by atoms with Crippen LogP contribution in [0.2, 0.25) is 0 Å². The van der Waals surface area contributed by atoms with Gasteiger partial charge < -0.3 is 90.7 Å². The van der Waals surface area contributed by atoms with Crippen molar-refractivity contribution in [1.82, 2.24) is 6.15 Å². The van der Waals surface area contributed by atoms with Crippen molar-refractivity contribution in [3.63, 3.8) is 0 Å². The highest BCUT2D eigenvalue weighted by Crippen LogP contribution is 2.73. The molecule has 328 valence electrons. The van der Waals surface area contributed by atoms with E-state index in [0.717, 1.165) is 18.4 Å². The van der Waals surface area contributed by atoms with Crippen LogP contribution in [0, 0.1) is 28.1 Å². The lowest BCUT2D eigenvalue weighted by Gasteiger charge is -2.64. The summed E-state index contributed by atoms with van der Waals surface area (Å²) >= 11 is 0. The average Bonchev–Trinajstić information content (AvgIpc) is 3.37. The first-order valence-corrected chi connectivity index (χ1v) is 19.9. The molecule has 4 aliphatic carbocycles. The van der Waals surface area contributed by atoms with E-state index in [-0.39, 0.29) is 28.8 Å². The van der Waals surface area contributed by atoms with Crippen LogP contribution in [0.3, 0.4) is 0 Å². The smallest absolute Gasteiger partial charge is 0.314 e. The van der Waals surface area contributed by atoms with Gasteiger partial charge in [-0.25, -0.2) is 0 Å². The summed E-state index contributed by atoms with van der Waals surface area (Å²) in [7, 11) is 0. The van der Waals surface area contributed by atoms with Gasteiger partial charge in [-0.2, -0.15) is 0 Å². The van der Waals surface area contributed by atoms with Gasteiger partial charge >= 0.3 is 5.97 Å². The van der Waals surface area contributed by atoms with Crippen molar-refractivity contribution >= 4 is 5.97 Å². The van der Waals surface area contributed by atoms with Crippen LogP contribution < -0.4 is 6.15 Å². The molecule has 4 saturated carbocycles. The number of rotatable bonds is 9. The summed E-state index contributed by atoms with van der Waals surface area (Å²) in [5, 5.41) is 114. The number of aliphatic hydroxyl groups excluding tert-OH is 11. The predicted octanol–water partition coefficient (Wildman–Crippen LogP) is -2.78. The van der Waals surface area contributed by atoms with E-state index in [1.165, 1.54) is 0 Å². The van der Waals surface area contributed by atoms with Crippen molar-refractivity contribution in [3.8, 4) is 0 Å². The van der Waals surface area contributed by atoms with E-state index in [1.807, 2.05) is 6.92 Å². The zero-order valence-electron chi connectivity index (χ0n) is 32.5. The average molecular weight is 822 g/mol. The molecule has 0 aromatic heterocycles. The summed E-state index contributed by atoms with van der Waals surface area (Å²) in [6, 6.07) is 0. The Balaban J connectivity index is 0.00000549. The number of ether oxygens (including phenoxy) is 6. The number of esters is 1. The van der Waals surface area contributed by atoms with Crippen LogP contribution in [0.1, 0.15) is 71.6 Å². The highest BCUT2D eigenvalue weighted by atomic mass is 16.8. The van der Waals surface area contributed by atoms with Gasteiger partial charge in [-0.3, -0.25) is 4.79 Å². The monoisotopic (exact) mass is 821 g/mol. The second kappa shape index (κ2) is 16.4. The number of carbonyl (C=O) groups is 1. The quantitative estimate of drug-likeness (QED) is 0.0636. The lowest BCUT2D eigenvalue weighted by molar-refractivity contribution is -0.378. The van der Waals surface area contributed by atoms with E-state index in [4.69, 9.17) is 28.4 Å². The summed E-state index contributed by atoms with van der Waals surface area (Å²) in [5.74, 6) is -0.591. The molecule has 0 amide bonds. The van der Waals surface area contributed by atoms with E-state index >= 15 is 0 Å². The van der Waals surface area contributed by atoms with Gasteiger partial charge in [0.2, 0.25) is 6.29 Å². The lowest BCUT2D eigenvalue weighted by Crippen LogP contribution is -2.65. The van der Waals surface area contributed by atoms with E-state index in [2.05, 4.69) is 13.5 Å². The maximum absolute atomic E-state index is 14.1. The molecule has 2 bridgehead atoms. The molecule has 0 radical (unpaired) electrons. The molecule has 0 aromatic rings. The Morgan fingerprint density at radius 3 is 1.81 bits per heavy atom. The van der Waals surface area contributed by atoms with Crippen molar-refractivity contribution in [3.05, 3.63) is 12.2 Å². The fourth-order valence-corrected chi connectivity index (χ4v) is 12.0. The Kier molecular flexibility index (Phi) is 13.0. The van der Waals surface area contributed by atoms with Gasteiger partial charge in [0, 0.05) is 0 Å². The Hall–Kier alpha value is -1.47. The van der Waals surface area contributed by atoms with E-state index in [1.54, 1.807) is 0 Å². The maximum Gasteiger partial charge on any atom is 0.314 e. The van der Waals surface area contributed by atoms with Crippen molar-refractivity contribution in [2.75, 3.05) is 19.8 Å². The lowest BCUT2D eigenvalue weighted by atomic mass is 9.41. The van der Waals surface area contributed by atoms with Crippen molar-refractivity contribution in [1.29, 1.82) is 0 Å². The zero-order valence-corrected chi connectivity index (χ0v) is 32.5. The Labute approximate surface area is 330 Å². The summed E-state index contributed by atoms with van der Waals surface area (Å²) in [6.45, 7) is 6.52. The number of fused-ring (bicyclic) bond motifs is 3. The fourth-order valence-electron chi connectivity index (χ4n) is 12.0. The van der Waals surface area contributed by atoms with Crippen LogP contribution in [0.4, 0.5) is 0 Å². The first-order chi connectivity index (χ1) is 26.4. The predicted molar refractivity (Wildman–Crippen MR) is 191 cm³/mol. The summed E-state index contributed by atoms with van der Waals surface area (Å²) < 4.78 is 35.6. The molecule has 7 fully saturated rings. The zero-order chi connectivity index (χ0) is 40.7. The minimum Gasteiger partial charge on any atom is -0.432 e. The molecule has 57 heavy (non-hydrogen) atoms. The molecule has 19 heteroatoms. The van der Waals surface area contributed by atoms with Gasteiger partial charge in [0.15, 0.2) is 12.6 Å². The molecule has 3 heterocycles. The molecular weight excluding hydrogens is 758 g/mol. The molecule has 7 aliphatic rings. The van der Waals surface area contributed by atoms with Crippen LogP contribution in [-0.2, 0) is 33.2 Å². The van der Waals surface area contributed by atoms with Gasteiger partial charge in [-0.05, 0) is 86.5 Å². The Bertz CT molecular complexity index is 1460. The maximum atomic E-state index is 14.1. The molecule has 19 nitrogen and oxygen atoms in total. The summed E-state index contributed by atoms with van der Waals surface area (Å²) in [4.78, 5) is 14.1. The number of hydrogen-bond donors (Lipinski definition) is 12.